The third-order valence-electron chi connectivity index (χ3n) is 3.80. The summed E-state index contributed by atoms with van der Waals surface area (Å²) in [5.74, 6) is 0.968. The fraction of sp³-hybridized carbons (Fsp3) is 0.222. The van der Waals surface area contributed by atoms with Gasteiger partial charge >= 0.3 is 0 Å². The van der Waals surface area contributed by atoms with Gasteiger partial charge in [-0.1, -0.05) is 28.1 Å². The molecular formula is C18H18BrN3O. The lowest BCUT2D eigenvalue weighted by Gasteiger charge is -2.08. The van der Waals surface area contributed by atoms with E-state index in [2.05, 4.69) is 36.9 Å². The van der Waals surface area contributed by atoms with Gasteiger partial charge in [0, 0.05) is 23.1 Å². The Bertz CT molecular complexity index is 824. The smallest absolute Gasteiger partial charge is 0.251 e. The molecular weight excluding hydrogens is 354 g/mol. The Morgan fingerprint density at radius 1 is 1.17 bits per heavy atom. The Balaban J connectivity index is 1.56. The molecule has 4 nitrogen and oxygen atoms in total. The highest BCUT2D eigenvalue weighted by Crippen LogP contribution is 2.15. The van der Waals surface area contributed by atoms with Crippen LogP contribution in [-0.4, -0.2) is 22.0 Å². The standard InChI is InChI=1S/C18H18BrN3O/c1-13-21-16-5-2-3-6-17(16)22(13)12-4-11-20-18(23)14-7-9-15(19)10-8-14/h2-3,5-10H,4,11-12H2,1H3,(H,20,23). The van der Waals surface area contributed by atoms with Crippen molar-refractivity contribution in [1.82, 2.24) is 14.9 Å². The Morgan fingerprint density at radius 3 is 2.70 bits per heavy atom. The number of carbonyl (C=O) groups excluding carboxylic acids is 1. The minimum atomic E-state index is -0.0373. The van der Waals surface area contributed by atoms with Crippen LogP contribution in [0.15, 0.2) is 53.0 Å². The summed E-state index contributed by atoms with van der Waals surface area (Å²) in [6.45, 7) is 3.49. The number of halogens is 1. The second kappa shape index (κ2) is 6.96. The number of aromatic nitrogens is 2. The lowest BCUT2D eigenvalue weighted by Crippen LogP contribution is -2.25. The number of hydrogen-bond donors (Lipinski definition) is 1. The van der Waals surface area contributed by atoms with Crippen molar-refractivity contribution >= 4 is 32.9 Å². The van der Waals surface area contributed by atoms with E-state index in [0.717, 1.165) is 34.3 Å². The molecule has 0 spiro atoms. The molecule has 3 rings (SSSR count). The van der Waals surface area contributed by atoms with Crippen LogP contribution >= 0.6 is 15.9 Å². The first-order chi connectivity index (χ1) is 11.1. The number of para-hydroxylation sites is 2. The maximum absolute atomic E-state index is 12.1. The molecule has 1 aromatic heterocycles. The summed E-state index contributed by atoms with van der Waals surface area (Å²) in [7, 11) is 0. The van der Waals surface area contributed by atoms with Gasteiger partial charge in [-0.15, -0.1) is 0 Å². The Hall–Kier alpha value is -2.14. The van der Waals surface area contributed by atoms with Gasteiger partial charge in [-0.05, 0) is 49.7 Å². The lowest BCUT2D eigenvalue weighted by molar-refractivity contribution is 0.0953. The topological polar surface area (TPSA) is 46.9 Å². The highest BCUT2D eigenvalue weighted by Gasteiger charge is 2.07. The van der Waals surface area contributed by atoms with Crippen LogP contribution in [0.4, 0.5) is 0 Å². The van der Waals surface area contributed by atoms with Gasteiger partial charge in [0.15, 0.2) is 0 Å². The van der Waals surface area contributed by atoms with E-state index >= 15 is 0 Å². The van der Waals surface area contributed by atoms with Gasteiger partial charge in [0.2, 0.25) is 0 Å². The molecule has 0 radical (unpaired) electrons. The van der Waals surface area contributed by atoms with Crippen molar-refractivity contribution in [3.63, 3.8) is 0 Å². The van der Waals surface area contributed by atoms with E-state index in [0.29, 0.717) is 12.1 Å². The summed E-state index contributed by atoms with van der Waals surface area (Å²) in [5, 5.41) is 2.96. The summed E-state index contributed by atoms with van der Waals surface area (Å²) in [4.78, 5) is 16.6. The van der Waals surface area contributed by atoms with Crippen molar-refractivity contribution < 1.29 is 4.79 Å². The fourth-order valence-corrected chi connectivity index (χ4v) is 2.88. The third-order valence-corrected chi connectivity index (χ3v) is 4.32. The second-order valence-electron chi connectivity index (χ2n) is 5.42. The van der Waals surface area contributed by atoms with Gasteiger partial charge in [-0.25, -0.2) is 4.98 Å². The summed E-state index contributed by atoms with van der Waals surface area (Å²) < 4.78 is 3.16. The molecule has 0 atom stereocenters. The summed E-state index contributed by atoms with van der Waals surface area (Å²) in [6, 6.07) is 15.5. The molecule has 1 N–H and O–H groups in total. The zero-order chi connectivity index (χ0) is 16.2. The Kier molecular flexibility index (Phi) is 4.76. The maximum atomic E-state index is 12.1. The molecule has 118 valence electrons. The predicted octanol–water partition coefficient (Wildman–Crippen LogP) is 3.93. The van der Waals surface area contributed by atoms with E-state index in [9.17, 15) is 4.79 Å². The van der Waals surface area contributed by atoms with Crippen molar-refractivity contribution in [2.45, 2.75) is 19.9 Å². The Morgan fingerprint density at radius 2 is 1.91 bits per heavy atom. The molecule has 2 aromatic carbocycles. The zero-order valence-electron chi connectivity index (χ0n) is 12.9. The number of benzene rings is 2. The zero-order valence-corrected chi connectivity index (χ0v) is 14.5. The second-order valence-corrected chi connectivity index (χ2v) is 6.33. The van der Waals surface area contributed by atoms with E-state index in [4.69, 9.17) is 0 Å². The highest BCUT2D eigenvalue weighted by atomic mass is 79.9. The van der Waals surface area contributed by atoms with E-state index in [1.807, 2.05) is 49.4 Å². The summed E-state index contributed by atoms with van der Waals surface area (Å²) in [5.41, 5.74) is 2.84. The molecule has 0 aliphatic carbocycles. The van der Waals surface area contributed by atoms with Gasteiger partial charge in [0.25, 0.3) is 5.91 Å². The number of nitrogens with one attached hydrogen (secondary N) is 1. The van der Waals surface area contributed by atoms with E-state index < -0.39 is 0 Å². The Labute approximate surface area is 143 Å². The number of aryl methyl sites for hydroxylation is 2. The van der Waals surface area contributed by atoms with Crippen LogP contribution in [-0.2, 0) is 6.54 Å². The van der Waals surface area contributed by atoms with Crippen molar-refractivity contribution in [2.75, 3.05) is 6.54 Å². The molecule has 23 heavy (non-hydrogen) atoms. The SMILES string of the molecule is Cc1nc2ccccc2n1CCCNC(=O)c1ccc(Br)cc1. The van der Waals surface area contributed by atoms with Crippen LogP contribution in [0.1, 0.15) is 22.6 Å². The number of fused-ring (bicyclic) bond motifs is 1. The number of carbonyl (C=O) groups is 1. The van der Waals surface area contributed by atoms with E-state index in [-0.39, 0.29) is 5.91 Å². The highest BCUT2D eigenvalue weighted by molar-refractivity contribution is 9.10. The van der Waals surface area contributed by atoms with Crippen LogP contribution < -0.4 is 5.32 Å². The van der Waals surface area contributed by atoms with Gasteiger partial charge in [0.05, 0.1) is 11.0 Å². The molecule has 0 saturated carbocycles. The first-order valence-corrected chi connectivity index (χ1v) is 8.40. The number of amides is 1. The predicted molar refractivity (Wildman–Crippen MR) is 95.6 cm³/mol. The maximum Gasteiger partial charge on any atom is 0.251 e. The number of imidazole rings is 1. The molecule has 3 aromatic rings. The molecule has 0 saturated heterocycles. The van der Waals surface area contributed by atoms with Gasteiger partial charge in [-0.2, -0.15) is 0 Å². The number of hydrogen-bond acceptors (Lipinski definition) is 2. The van der Waals surface area contributed by atoms with Gasteiger partial charge < -0.3 is 9.88 Å². The number of nitrogens with zero attached hydrogens (tertiary/aromatic N) is 2. The van der Waals surface area contributed by atoms with Crippen LogP contribution in [0, 0.1) is 6.92 Å². The minimum Gasteiger partial charge on any atom is -0.352 e. The molecule has 0 unspecified atom stereocenters. The first-order valence-electron chi connectivity index (χ1n) is 7.61. The molecule has 0 aliphatic heterocycles. The van der Waals surface area contributed by atoms with Crippen LogP contribution in [0.2, 0.25) is 0 Å². The van der Waals surface area contributed by atoms with Crippen molar-refractivity contribution in [1.29, 1.82) is 0 Å². The van der Waals surface area contributed by atoms with Crippen molar-refractivity contribution in [3.8, 4) is 0 Å². The lowest BCUT2D eigenvalue weighted by atomic mass is 10.2. The average Bonchev–Trinajstić information content (AvgIpc) is 2.87. The van der Waals surface area contributed by atoms with Crippen molar-refractivity contribution in [2.24, 2.45) is 0 Å². The fourth-order valence-electron chi connectivity index (χ4n) is 2.62. The van der Waals surface area contributed by atoms with Crippen LogP contribution in [0.3, 0.4) is 0 Å². The van der Waals surface area contributed by atoms with Crippen LogP contribution in [0.25, 0.3) is 11.0 Å². The monoisotopic (exact) mass is 371 g/mol. The summed E-state index contributed by atoms with van der Waals surface area (Å²) >= 11 is 3.37. The molecule has 1 amide bonds. The molecule has 0 aliphatic rings. The van der Waals surface area contributed by atoms with E-state index in [1.54, 1.807) is 0 Å². The van der Waals surface area contributed by atoms with Crippen molar-refractivity contribution in [3.05, 3.63) is 64.4 Å². The largest absolute Gasteiger partial charge is 0.352 e. The average molecular weight is 372 g/mol. The quantitative estimate of drug-likeness (QED) is 0.690. The molecule has 1 heterocycles. The van der Waals surface area contributed by atoms with Crippen LogP contribution in [0.5, 0.6) is 0 Å². The van der Waals surface area contributed by atoms with Gasteiger partial charge in [0.1, 0.15) is 5.82 Å². The first kappa shape index (κ1) is 15.7. The summed E-state index contributed by atoms with van der Waals surface area (Å²) in [6.07, 6.45) is 0.865. The molecule has 5 heteroatoms. The molecule has 0 bridgehead atoms. The third kappa shape index (κ3) is 3.62. The normalized spacial score (nSPS) is 10.9. The minimum absolute atomic E-state index is 0.0373. The number of rotatable bonds is 5. The molecule has 0 fully saturated rings. The van der Waals surface area contributed by atoms with Gasteiger partial charge in [-0.3, -0.25) is 4.79 Å². The van der Waals surface area contributed by atoms with E-state index in [1.165, 1.54) is 0 Å².